The molecule has 0 spiro atoms. The van der Waals surface area contributed by atoms with Gasteiger partial charge in [0.25, 0.3) is 5.91 Å². The summed E-state index contributed by atoms with van der Waals surface area (Å²) in [5.74, 6) is 0.0425. The summed E-state index contributed by atoms with van der Waals surface area (Å²) >= 11 is 0. The molecule has 29 heavy (non-hydrogen) atoms. The molecule has 1 saturated heterocycles. The number of likely N-dealkylation sites (tertiary alicyclic amines) is 1. The first-order chi connectivity index (χ1) is 13.9. The van der Waals surface area contributed by atoms with Crippen molar-refractivity contribution in [2.24, 2.45) is 5.41 Å². The molecule has 6 heteroatoms. The lowest BCUT2D eigenvalue weighted by Crippen LogP contribution is -2.40. The van der Waals surface area contributed by atoms with E-state index in [1.807, 2.05) is 23.1 Å². The Bertz CT molecular complexity index is 1070. The molecule has 1 aliphatic heterocycles. The molecule has 0 bridgehead atoms. The second-order valence-electron chi connectivity index (χ2n) is 9.38. The van der Waals surface area contributed by atoms with Crippen molar-refractivity contribution < 1.29 is 9.90 Å². The molecule has 1 amide bonds. The van der Waals surface area contributed by atoms with Gasteiger partial charge in [-0.2, -0.15) is 5.10 Å². The molecule has 1 aliphatic carbocycles. The van der Waals surface area contributed by atoms with Crippen LogP contribution in [0.1, 0.15) is 54.7 Å². The summed E-state index contributed by atoms with van der Waals surface area (Å²) in [4.78, 5) is 18.2. The number of benzene rings is 1. The molecule has 0 atom stereocenters. The van der Waals surface area contributed by atoms with Crippen LogP contribution in [0, 0.1) is 5.41 Å². The van der Waals surface area contributed by atoms with Crippen LogP contribution in [0.25, 0.3) is 22.3 Å². The van der Waals surface area contributed by atoms with Gasteiger partial charge in [0.1, 0.15) is 5.69 Å². The topological polar surface area (TPSA) is 85.0 Å². The summed E-state index contributed by atoms with van der Waals surface area (Å²) in [6.45, 7) is 5.85. The number of aromatic nitrogens is 3. The number of aliphatic hydroxyl groups is 1. The predicted molar refractivity (Wildman–Crippen MR) is 113 cm³/mol. The molecule has 6 nitrogen and oxygen atoms in total. The average Bonchev–Trinajstić information content (AvgIpc) is 3.29. The minimum atomic E-state index is -0.279. The SMILES string of the molecule is CC1(C)CCc2c(-c3cc4cc(C(=O)N5CCC(O)CC5)ccc4[nH]3)n[nH]c2C1. The Morgan fingerprint density at radius 1 is 1.24 bits per heavy atom. The van der Waals surface area contributed by atoms with Gasteiger partial charge in [-0.05, 0) is 61.8 Å². The number of aromatic amines is 2. The molecule has 3 heterocycles. The van der Waals surface area contributed by atoms with Crippen LogP contribution >= 0.6 is 0 Å². The van der Waals surface area contributed by atoms with Crippen LogP contribution in [-0.4, -0.2) is 50.3 Å². The van der Waals surface area contributed by atoms with E-state index in [-0.39, 0.29) is 12.0 Å². The normalized spacial score (nSPS) is 19.5. The minimum absolute atomic E-state index is 0.0425. The number of H-pyrrole nitrogens is 2. The summed E-state index contributed by atoms with van der Waals surface area (Å²) in [7, 11) is 0. The van der Waals surface area contributed by atoms with E-state index in [4.69, 9.17) is 0 Å². The number of hydrogen-bond donors (Lipinski definition) is 3. The third-order valence-corrected chi connectivity index (χ3v) is 6.53. The highest BCUT2D eigenvalue weighted by Crippen LogP contribution is 2.38. The number of carbonyl (C=O) groups excluding carboxylic acids is 1. The molecule has 3 N–H and O–H groups in total. The van der Waals surface area contributed by atoms with E-state index >= 15 is 0 Å². The molecule has 0 unspecified atom stereocenters. The van der Waals surface area contributed by atoms with Crippen molar-refractivity contribution in [1.82, 2.24) is 20.1 Å². The van der Waals surface area contributed by atoms with E-state index in [0.717, 1.165) is 41.6 Å². The standard InChI is InChI=1S/C23H28N4O2/c1-23(2)8-5-17-20(13-23)25-26-21(17)19-12-15-11-14(3-4-18(15)24-19)22(29)27-9-6-16(28)7-10-27/h3-4,11-12,16,24,28H,5-10,13H2,1-2H3,(H,25,26). The van der Waals surface area contributed by atoms with Crippen LogP contribution in [0.15, 0.2) is 24.3 Å². The second kappa shape index (κ2) is 6.73. The minimum Gasteiger partial charge on any atom is -0.393 e. The third kappa shape index (κ3) is 3.35. The molecule has 152 valence electrons. The van der Waals surface area contributed by atoms with Gasteiger partial charge in [0.05, 0.1) is 11.8 Å². The van der Waals surface area contributed by atoms with Crippen molar-refractivity contribution >= 4 is 16.8 Å². The summed E-state index contributed by atoms with van der Waals surface area (Å²) in [5, 5.41) is 18.6. The number of rotatable bonds is 2. The number of hydrogen-bond acceptors (Lipinski definition) is 3. The van der Waals surface area contributed by atoms with Crippen LogP contribution in [0.3, 0.4) is 0 Å². The van der Waals surface area contributed by atoms with Gasteiger partial charge in [0.2, 0.25) is 0 Å². The zero-order valence-corrected chi connectivity index (χ0v) is 17.1. The Morgan fingerprint density at radius 2 is 2.03 bits per heavy atom. The zero-order valence-electron chi connectivity index (χ0n) is 17.1. The summed E-state index contributed by atoms with van der Waals surface area (Å²) < 4.78 is 0. The van der Waals surface area contributed by atoms with Crippen LogP contribution < -0.4 is 0 Å². The zero-order chi connectivity index (χ0) is 20.2. The fourth-order valence-corrected chi connectivity index (χ4v) is 4.71. The number of carbonyl (C=O) groups is 1. The maximum atomic E-state index is 12.9. The lowest BCUT2D eigenvalue weighted by Gasteiger charge is -2.29. The van der Waals surface area contributed by atoms with Gasteiger partial charge in [-0.3, -0.25) is 9.89 Å². The van der Waals surface area contributed by atoms with E-state index < -0.39 is 0 Å². The molecular formula is C23H28N4O2. The highest BCUT2D eigenvalue weighted by atomic mass is 16.3. The number of aliphatic hydroxyl groups excluding tert-OH is 1. The highest BCUT2D eigenvalue weighted by Gasteiger charge is 2.29. The Labute approximate surface area is 170 Å². The van der Waals surface area contributed by atoms with Crippen molar-refractivity contribution in [1.29, 1.82) is 0 Å². The van der Waals surface area contributed by atoms with Crippen LogP contribution in [0.4, 0.5) is 0 Å². The summed E-state index contributed by atoms with van der Waals surface area (Å²) in [5.41, 5.74) is 6.60. The van der Waals surface area contributed by atoms with Gasteiger partial charge < -0.3 is 15.0 Å². The van der Waals surface area contributed by atoms with E-state index in [9.17, 15) is 9.90 Å². The first-order valence-electron chi connectivity index (χ1n) is 10.6. The first kappa shape index (κ1) is 18.4. The summed E-state index contributed by atoms with van der Waals surface area (Å²) in [6.07, 6.45) is 4.26. The Morgan fingerprint density at radius 3 is 2.83 bits per heavy atom. The highest BCUT2D eigenvalue weighted by molar-refractivity contribution is 5.99. The molecule has 5 rings (SSSR count). The number of piperidine rings is 1. The molecule has 1 fully saturated rings. The van der Waals surface area contributed by atoms with Crippen molar-refractivity contribution in [2.45, 2.75) is 52.1 Å². The van der Waals surface area contributed by atoms with Crippen molar-refractivity contribution in [3.8, 4) is 11.4 Å². The number of nitrogens with one attached hydrogen (secondary N) is 2. The largest absolute Gasteiger partial charge is 0.393 e. The Hall–Kier alpha value is -2.60. The maximum absolute atomic E-state index is 12.9. The van der Waals surface area contributed by atoms with Crippen LogP contribution in [-0.2, 0) is 12.8 Å². The van der Waals surface area contributed by atoms with Crippen LogP contribution in [0.5, 0.6) is 0 Å². The smallest absolute Gasteiger partial charge is 0.253 e. The second-order valence-corrected chi connectivity index (χ2v) is 9.38. The molecule has 2 aromatic heterocycles. The third-order valence-electron chi connectivity index (χ3n) is 6.53. The van der Waals surface area contributed by atoms with Gasteiger partial charge in [0.15, 0.2) is 0 Å². The fraction of sp³-hybridized carbons (Fsp3) is 0.478. The van der Waals surface area contributed by atoms with Crippen molar-refractivity contribution in [3.63, 3.8) is 0 Å². The summed E-state index contributed by atoms with van der Waals surface area (Å²) in [6, 6.07) is 7.93. The molecule has 3 aromatic rings. The Kier molecular flexibility index (Phi) is 4.28. The number of fused-ring (bicyclic) bond motifs is 2. The van der Waals surface area contributed by atoms with Gasteiger partial charge in [-0.25, -0.2) is 0 Å². The quantitative estimate of drug-likeness (QED) is 0.622. The number of nitrogens with zero attached hydrogens (tertiary/aromatic N) is 2. The van der Waals surface area contributed by atoms with Crippen molar-refractivity contribution in [2.75, 3.05) is 13.1 Å². The van der Waals surface area contributed by atoms with Crippen LogP contribution in [0.2, 0.25) is 0 Å². The Balaban J connectivity index is 1.43. The van der Waals surface area contributed by atoms with E-state index in [1.54, 1.807) is 0 Å². The molecule has 0 saturated carbocycles. The van der Waals surface area contributed by atoms with Gasteiger partial charge in [-0.1, -0.05) is 13.8 Å². The van der Waals surface area contributed by atoms with Crippen molar-refractivity contribution in [3.05, 3.63) is 41.1 Å². The van der Waals surface area contributed by atoms with Gasteiger partial charge >= 0.3 is 0 Å². The monoisotopic (exact) mass is 392 g/mol. The van der Waals surface area contributed by atoms with Gasteiger partial charge in [-0.15, -0.1) is 0 Å². The number of amides is 1. The molecule has 1 aromatic carbocycles. The predicted octanol–water partition coefficient (Wildman–Crippen LogP) is 3.67. The average molecular weight is 393 g/mol. The first-order valence-corrected chi connectivity index (χ1v) is 10.6. The maximum Gasteiger partial charge on any atom is 0.253 e. The van der Waals surface area contributed by atoms with E-state index in [0.29, 0.717) is 36.9 Å². The molecule has 0 radical (unpaired) electrons. The van der Waals surface area contributed by atoms with E-state index in [2.05, 4.69) is 35.1 Å². The lowest BCUT2D eigenvalue weighted by molar-refractivity contribution is 0.0546. The lowest BCUT2D eigenvalue weighted by atomic mass is 9.76. The molecular weight excluding hydrogens is 364 g/mol. The van der Waals surface area contributed by atoms with E-state index in [1.165, 1.54) is 11.3 Å². The fourth-order valence-electron chi connectivity index (χ4n) is 4.71. The molecule has 2 aliphatic rings. The van der Waals surface area contributed by atoms with Gasteiger partial charge in [0, 0.05) is 40.8 Å².